The van der Waals surface area contributed by atoms with Crippen molar-refractivity contribution < 1.29 is 9.13 Å². The van der Waals surface area contributed by atoms with Gasteiger partial charge in [-0.1, -0.05) is 6.92 Å². The van der Waals surface area contributed by atoms with E-state index in [1.807, 2.05) is 34.0 Å². The maximum Gasteiger partial charge on any atom is 0.282 e. The molecule has 3 rings (SSSR count). The minimum absolute atomic E-state index is 0.00239. The Morgan fingerprint density at radius 1 is 1.48 bits per heavy atom. The molecule has 7 heteroatoms. The zero-order valence-electron chi connectivity index (χ0n) is 15.0. The van der Waals surface area contributed by atoms with Gasteiger partial charge in [-0.15, -0.1) is 0 Å². The molecule has 1 aromatic carbocycles. The molecule has 134 valence electrons. The van der Waals surface area contributed by atoms with Gasteiger partial charge in [0.15, 0.2) is 0 Å². The smallest absolute Gasteiger partial charge is 0.282 e. The molecule has 2 atom stereocenters. The van der Waals surface area contributed by atoms with E-state index in [0.29, 0.717) is 18.7 Å². The second-order valence-corrected chi connectivity index (χ2v) is 6.79. The molecule has 0 spiro atoms. The molecular formula is C18H24FN5O. The van der Waals surface area contributed by atoms with Crippen molar-refractivity contribution in [2.75, 3.05) is 11.9 Å². The second-order valence-electron chi connectivity index (χ2n) is 6.79. The van der Waals surface area contributed by atoms with E-state index >= 15 is 0 Å². The predicted molar refractivity (Wildman–Crippen MR) is 95.8 cm³/mol. The predicted octanol–water partition coefficient (Wildman–Crippen LogP) is 2.68. The summed E-state index contributed by atoms with van der Waals surface area (Å²) < 4.78 is 21.6. The maximum absolute atomic E-state index is 14.5. The minimum atomic E-state index is -0.759. The minimum Gasteiger partial charge on any atom is -0.465 e. The lowest BCUT2D eigenvalue weighted by Gasteiger charge is -2.36. The van der Waals surface area contributed by atoms with Gasteiger partial charge >= 0.3 is 0 Å². The lowest BCUT2D eigenvalue weighted by atomic mass is 9.80. The summed E-state index contributed by atoms with van der Waals surface area (Å²) in [5, 5.41) is 7.73. The number of amidine groups is 1. The van der Waals surface area contributed by atoms with Gasteiger partial charge in [0.05, 0.1) is 24.4 Å². The number of aromatic nitrogens is 2. The van der Waals surface area contributed by atoms with Crippen LogP contribution in [0.4, 0.5) is 10.1 Å². The largest absolute Gasteiger partial charge is 0.465 e. The molecule has 0 amide bonds. The first-order valence-electron chi connectivity index (χ1n) is 8.30. The first-order chi connectivity index (χ1) is 11.8. The summed E-state index contributed by atoms with van der Waals surface area (Å²) in [4.78, 5) is 4.39. The number of rotatable bonds is 4. The number of anilines is 1. The van der Waals surface area contributed by atoms with Crippen LogP contribution in [0.1, 0.15) is 30.7 Å². The lowest BCUT2D eigenvalue weighted by Crippen LogP contribution is -2.40. The summed E-state index contributed by atoms with van der Waals surface area (Å²) in [6, 6.07) is 5.08. The Hall–Kier alpha value is -2.57. The molecule has 0 saturated carbocycles. The van der Waals surface area contributed by atoms with Gasteiger partial charge in [0.25, 0.3) is 6.02 Å². The molecule has 25 heavy (non-hydrogen) atoms. The molecule has 2 heterocycles. The van der Waals surface area contributed by atoms with Crippen LogP contribution in [-0.4, -0.2) is 22.4 Å². The first kappa shape index (κ1) is 17.3. The van der Waals surface area contributed by atoms with Crippen molar-refractivity contribution in [2.24, 2.45) is 23.7 Å². The van der Waals surface area contributed by atoms with Gasteiger partial charge in [0.1, 0.15) is 5.82 Å². The van der Waals surface area contributed by atoms with Gasteiger partial charge in [0, 0.05) is 30.4 Å². The van der Waals surface area contributed by atoms with Gasteiger partial charge in [0.2, 0.25) is 0 Å². The van der Waals surface area contributed by atoms with Crippen LogP contribution in [0, 0.1) is 18.7 Å². The number of aliphatic imine (C=N–C) groups is 1. The van der Waals surface area contributed by atoms with Crippen LogP contribution in [0.5, 0.6) is 0 Å². The molecule has 0 saturated heterocycles. The van der Waals surface area contributed by atoms with Crippen molar-refractivity contribution in [3.05, 3.63) is 47.0 Å². The van der Waals surface area contributed by atoms with Crippen LogP contribution < -0.4 is 11.1 Å². The molecule has 0 unspecified atom stereocenters. The van der Waals surface area contributed by atoms with Gasteiger partial charge in [-0.3, -0.25) is 4.68 Å². The van der Waals surface area contributed by atoms with Gasteiger partial charge in [-0.2, -0.15) is 5.10 Å². The summed E-state index contributed by atoms with van der Waals surface area (Å²) in [6.07, 6.45) is 1.97. The molecule has 3 N–H and O–H groups in total. The van der Waals surface area contributed by atoms with E-state index in [2.05, 4.69) is 15.4 Å². The monoisotopic (exact) mass is 345 g/mol. The van der Waals surface area contributed by atoms with Crippen LogP contribution >= 0.6 is 0 Å². The van der Waals surface area contributed by atoms with E-state index in [1.165, 1.54) is 6.07 Å². The Balaban J connectivity index is 1.88. The van der Waals surface area contributed by atoms with Crippen molar-refractivity contribution in [1.29, 1.82) is 0 Å². The van der Waals surface area contributed by atoms with Crippen LogP contribution in [0.25, 0.3) is 0 Å². The highest BCUT2D eigenvalue weighted by Crippen LogP contribution is 2.38. The van der Waals surface area contributed by atoms with Crippen LogP contribution in [0.15, 0.2) is 29.4 Å². The number of nitrogens with one attached hydrogen (secondary N) is 1. The topological polar surface area (TPSA) is 77.5 Å². The fraction of sp³-hybridized carbons (Fsp3) is 0.444. The average Bonchev–Trinajstić information content (AvgIpc) is 2.88. The fourth-order valence-electron chi connectivity index (χ4n) is 3.11. The van der Waals surface area contributed by atoms with E-state index in [0.717, 1.165) is 16.9 Å². The summed E-state index contributed by atoms with van der Waals surface area (Å²) >= 11 is 0. The highest BCUT2D eigenvalue weighted by molar-refractivity contribution is 5.73. The molecule has 1 aliphatic rings. The quantitative estimate of drug-likeness (QED) is 0.893. The number of aryl methyl sites for hydroxylation is 2. The zero-order chi connectivity index (χ0) is 18.2. The van der Waals surface area contributed by atoms with Gasteiger partial charge < -0.3 is 15.8 Å². The second kappa shape index (κ2) is 6.38. The van der Waals surface area contributed by atoms with E-state index in [4.69, 9.17) is 10.5 Å². The van der Waals surface area contributed by atoms with Crippen molar-refractivity contribution >= 4 is 11.7 Å². The number of hydrogen-bond donors (Lipinski definition) is 2. The van der Waals surface area contributed by atoms with E-state index in [9.17, 15) is 4.39 Å². The SMILES string of the molecule is Cc1cn(C)nc1CNc1ccc(F)c([C@@]2(C)N=C(N)OC[C@H]2C)c1. The standard InChI is InChI=1S/C18H24FN5O/c1-11-9-24(4)23-16(11)8-21-13-5-6-15(19)14(7-13)18(3)12(2)10-25-17(20)22-18/h5-7,9,12,21H,8,10H2,1-4H3,(H2,20,22)/t12-,18+/m1/s1. The zero-order valence-corrected chi connectivity index (χ0v) is 15.0. The number of halogens is 1. The maximum atomic E-state index is 14.5. The highest BCUT2D eigenvalue weighted by Gasteiger charge is 2.39. The third-order valence-corrected chi connectivity index (χ3v) is 4.87. The van der Waals surface area contributed by atoms with Crippen LogP contribution in [-0.2, 0) is 23.9 Å². The number of hydrogen-bond acceptors (Lipinski definition) is 5. The van der Waals surface area contributed by atoms with Crippen molar-refractivity contribution in [2.45, 2.75) is 32.9 Å². The van der Waals surface area contributed by atoms with Crippen LogP contribution in [0.2, 0.25) is 0 Å². The molecular weight excluding hydrogens is 321 g/mol. The van der Waals surface area contributed by atoms with Crippen LogP contribution in [0.3, 0.4) is 0 Å². The Morgan fingerprint density at radius 3 is 2.92 bits per heavy atom. The fourth-order valence-corrected chi connectivity index (χ4v) is 3.11. The molecule has 0 bridgehead atoms. The third-order valence-electron chi connectivity index (χ3n) is 4.87. The summed E-state index contributed by atoms with van der Waals surface area (Å²) in [5.41, 5.74) is 8.37. The lowest BCUT2D eigenvalue weighted by molar-refractivity contribution is 0.146. The van der Waals surface area contributed by atoms with Crippen molar-refractivity contribution in [1.82, 2.24) is 9.78 Å². The molecule has 1 aliphatic heterocycles. The molecule has 2 aromatic rings. The number of nitrogens with zero attached hydrogens (tertiary/aromatic N) is 3. The van der Waals surface area contributed by atoms with E-state index < -0.39 is 5.54 Å². The number of ether oxygens (including phenoxy) is 1. The van der Waals surface area contributed by atoms with Crippen molar-refractivity contribution in [3.8, 4) is 0 Å². The highest BCUT2D eigenvalue weighted by atomic mass is 19.1. The Morgan fingerprint density at radius 2 is 2.24 bits per heavy atom. The van der Waals surface area contributed by atoms with Gasteiger partial charge in [-0.05, 0) is 37.6 Å². The Bertz CT molecular complexity index is 816. The van der Waals surface area contributed by atoms with Crippen molar-refractivity contribution in [3.63, 3.8) is 0 Å². The van der Waals surface area contributed by atoms with E-state index in [-0.39, 0.29) is 17.8 Å². The molecule has 1 aromatic heterocycles. The Kier molecular flexibility index (Phi) is 4.41. The first-order valence-corrected chi connectivity index (χ1v) is 8.30. The summed E-state index contributed by atoms with van der Waals surface area (Å²) in [7, 11) is 1.89. The normalized spacial score (nSPS) is 23.1. The molecule has 6 nitrogen and oxygen atoms in total. The molecule has 0 radical (unpaired) electrons. The van der Waals surface area contributed by atoms with E-state index in [1.54, 1.807) is 16.8 Å². The average molecular weight is 345 g/mol. The molecule has 0 aliphatic carbocycles. The summed E-state index contributed by atoms with van der Waals surface area (Å²) in [6.45, 7) is 6.86. The number of nitrogens with two attached hydrogens (primary N) is 1. The third kappa shape index (κ3) is 3.31. The Labute approximate surface area is 146 Å². The summed E-state index contributed by atoms with van der Waals surface area (Å²) in [5.74, 6) is -0.296. The molecule has 0 fully saturated rings. The van der Waals surface area contributed by atoms with Gasteiger partial charge in [-0.25, -0.2) is 9.38 Å². The number of benzene rings is 1.